The lowest BCUT2D eigenvalue weighted by Crippen LogP contribution is -2.62. The van der Waals surface area contributed by atoms with Crippen LogP contribution in [0.5, 0.6) is 5.75 Å². The molecule has 6 nitrogen and oxygen atoms in total. The third-order valence-corrected chi connectivity index (χ3v) is 7.58. The molecule has 0 heterocycles. The van der Waals surface area contributed by atoms with Gasteiger partial charge in [-0.2, -0.15) is 5.26 Å². The van der Waals surface area contributed by atoms with Crippen molar-refractivity contribution in [2.75, 3.05) is 19.8 Å². The summed E-state index contributed by atoms with van der Waals surface area (Å²) in [7, 11) is 0. The molecule has 0 aromatic heterocycles. The van der Waals surface area contributed by atoms with Crippen LogP contribution in [0.4, 0.5) is 0 Å². The first-order valence-corrected chi connectivity index (χ1v) is 11.4. The number of aryl methyl sites for hydroxylation is 1. The minimum Gasteiger partial charge on any atom is -0.482 e. The molecule has 4 aliphatic carbocycles. The molecule has 166 valence electrons. The van der Waals surface area contributed by atoms with Gasteiger partial charge >= 0.3 is 5.97 Å². The summed E-state index contributed by atoms with van der Waals surface area (Å²) in [6.07, 6.45) is 7.23. The van der Waals surface area contributed by atoms with Gasteiger partial charge in [0, 0.05) is 12.1 Å². The summed E-state index contributed by atoms with van der Waals surface area (Å²) in [5.74, 6) is 1.98. The van der Waals surface area contributed by atoms with Gasteiger partial charge in [0.25, 0.3) is 5.91 Å². The maximum Gasteiger partial charge on any atom is 0.344 e. The number of amides is 1. The van der Waals surface area contributed by atoms with Gasteiger partial charge in [0.2, 0.25) is 0 Å². The number of ether oxygens (including phenoxy) is 2. The van der Waals surface area contributed by atoms with Crippen molar-refractivity contribution in [2.24, 2.45) is 17.8 Å². The van der Waals surface area contributed by atoms with Crippen LogP contribution in [0, 0.1) is 42.9 Å². The second kappa shape index (κ2) is 8.90. The molecule has 1 amide bonds. The lowest BCUT2D eigenvalue weighted by molar-refractivity contribution is -0.163. The quantitative estimate of drug-likeness (QED) is 0.591. The van der Waals surface area contributed by atoms with E-state index in [1.807, 2.05) is 36.9 Å². The average Bonchev–Trinajstić information content (AvgIpc) is 2.72. The van der Waals surface area contributed by atoms with Gasteiger partial charge in [0.1, 0.15) is 5.75 Å². The summed E-state index contributed by atoms with van der Waals surface area (Å²) in [6.45, 7) is 3.82. The summed E-state index contributed by atoms with van der Waals surface area (Å²) in [5, 5.41) is 9.13. The number of nitriles is 1. The molecule has 0 radical (unpaired) electrons. The smallest absolute Gasteiger partial charge is 0.344 e. The summed E-state index contributed by atoms with van der Waals surface area (Å²) in [4.78, 5) is 27.3. The fraction of sp³-hybridized carbons (Fsp3) is 0.640. The molecule has 1 aromatic rings. The molecule has 0 atom stereocenters. The minimum atomic E-state index is -0.556. The molecule has 0 aliphatic heterocycles. The lowest BCUT2D eigenvalue weighted by atomic mass is 9.52. The van der Waals surface area contributed by atoms with Crippen molar-refractivity contribution >= 4 is 11.9 Å². The normalized spacial score (nSPS) is 28.1. The summed E-state index contributed by atoms with van der Waals surface area (Å²) >= 11 is 0. The summed E-state index contributed by atoms with van der Waals surface area (Å²) in [5.41, 5.74) is 1.92. The van der Waals surface area contributed by atoms with Crippen LogP contribution in [0.15, 0.2) is 18.2 Å². The summed E-state index contributed by atoms with van der Waals surface area (Å²) < 4.78 is 10.9. The highest BCUT2D eigenvalue weighted by Crippen LogP contribution is 2.57. The highest BCUT2D eigenvalue weighted by atomic mass is 16.6. The first kappa shape index (κ1) is 21.7. The first-order chi connectivity index (χ1) is 14.9. The number of carbonyl (C=O) groups is 2. The van der Waals surface area contributed by atoms with Crippen LogP contribution < -0.4 is 4.74 Å². The predicted molar refractivity (Wildman–Crippen MR) is 115 cm³/mol. The molecule has 0 saturated heterocycles. The molecule has 4 aliphatic rings. The Morgan fingerprint density at radius 2 is 1.74 bits per heavy atom. The topological polar surface area (TPSA) is 79.6 Å². The Labute approximate surface area is 184 Å². The first-order valence-electron chi connectivity index (χ1n) is 11.4. The molecule has 4 saturated carbocycles. The maximum atomic E-state index is 13.1. The van der Waals surface area contributed by atoms with Gasteiger partial charge in [-0.25, -0.2) is 4.79 Å². The van der Waals surface area contributed by atoms with E-state index in [1.54, 1.807) is 0 Å². The Kier molecular flexibility index (Phi) is 6.22. The lowest BCUT2D eigenvalue weighted by Gasteiger charge is -2.60. The zero-order chi connectivity index (χ0) is 22.0. The molecule has 5 rings (SSSR count). The number of nitrogens with zero attached hydrogens (tertiary/aromatic N) is 2. The van der Waals surface area contributed by atoms with Crippen LogP contribution in [-0.4, -0.2) is 42.1 Å². The van der Waals surface area contributed by atoms with Crippen LogP contribution in [-0.2, 0) is 14.3 Å². The van der Waals surface area contributed by atoms with Crippen molar-refractivity contribution < 1.29 is 19.1 Å². The number of benzene rings is 1. The second-order valence-corrected chi connectivity index (χ2v) is 9.74. The molecule has 0 unspecified atom stereocenters. The van der Waals surface area contributed by atoms with E-state index in [0.29, 0.717) is 36.5 Å². The van der Waals surface area contributed by atoms with Crippen molar-refractivity contribution in [1.29, 1.82) is 5.26 Å². The SMILES string of the molecule is Cc1cccc(OCC(=O)OCC(=O)N(CCC#N)C23CC4CC(CC(C4)C2)C3)c1C. The van der Waals surface area contributed by atoms with Crippen LogP contribution >= 0.6 is 0 Å². The van der Waals surface area contributed by atoms with Gasteiger partial charge in [-0.3, -0.25) is 4.79 Å². The van der Waals surface area contributed by atoms with Crippen LogP contribution in [0.1, 0.15) is 56.1 Å². The molecule has 4 fully saturated rings. The molecular formula is C25H32N2O4. The van der Waals surface area contributed by atoms with E-state index in [0.717, 1.165) is 30.4 Å². The number of hydrogen-bond acceptors (Lipinski definition) is 5. The third kappa shape index (κ3) is 4.56. The number of hydrogen-bond donors (Lipinski definition) is 0. The molecule has 4 bridgehead atoms. The molecule has 0 N–H and O–H groups in total. The van der Waals surface area contributed by atoms with Crippen LogP contribution in [0.3, 0.4) is 0 Å². The standard InChI is InChI=1S/C25H32N2O4/c1-17-5-3-6-22(18(17)2)30-16-24(29)31-15-23(28)27(8-4-7-26)25-12-19-9-20(13-25)11-21(10-19)14-25/h3,5-6,19-21H,4,8-16H2,1-2H3. The fourth-order valence-corrected chi connectivity index (χ4v) is 6.46. The van der Waals surface area contributed by atoms with E-state index in [-0.39, 0.29) is 24.7 Å². The highest BCUT2D eigenvalue weighted by Gasteiger charge is 2.54. The third-order valence-electron chi connectivity index (χ3n) is 7.58. The zero-order valence-electron chi connectivity index (χ0n) is 18.6. The molecular weight excluding hydrogens is 392 g/mol. The summed E-state index contributed by atoms with van der Waals surface area (Å²) in [6, 6.07) is 7.86. The van der Waals surface area contributed by atoms with Crippen molar-refractivity contribution in [3.05, 3.63) is 29.3 Å². The average molecular weight is 425 g/mol. The molecule has 6 heteroatoms. The minimum absolute atomic E-state index is 0.149. The van der Waals surface area contributed by atoms with Gasteiger partial charge in [0.05, 0.1) is 12.5 Å². The van der Waals surface area contributed by atoms with Gasteiger partial charge in [-0.15, -0.1) is 0 Å². The predicted octanol–water partition coefficient (Wildman–Crippen LogP) is 3.94. The van der Waals surface area contributed by atoms with Crippen LogP contribution in [0.25, 0.3) is 0 Å². The van der Waals surface area contributed by atoms with Crippen molar-refractivity contribution in [3.8, 4) is 11.8 Å². The largest absolute Gasteiger partial charge is 0.482 e. The Hall–Kier alpha value is -2.55. The zero-order valence-corrected chi connectivity index (χ0v) is 18.6. The Morgan fingerprint density at radius 3 is 2.35 bits per heavy atom. The Morgan fingerprint density at radius 1 is 1.10 bits per heavy atom. The molecule has 1 aromatic carbocycles. The number of esters is 1. The van der Waals surface area contributed by atoms with E-state index < -0.39 is 5.97 Å². The highest BCUT2D eigenvalue weighted by molar-refractivity contribution is 5.81. The fourth-order valence-electron chi connectivity index (χ4n) is 6.46. The van der Waals surface area contributed by atoms with Crippen LogP contribution in [0.2, 0.25) is 0 Å². The Bertz CT molecular complexity index is 853. The Balaban J connectivity index is 1.35. The van der Waals surface area contributed by atoms with E-state index in [2.05, 4.69) is 6.07 Å². The van der Waals surface area contributed by atoms with Gasteiger partial charge < -0.3 is 14.4 Å². The van der Waals surface area contributed by atoms with Gasteiger partial charge in [-0.1, -0.05) is 12.1 Å². The van der Waals surface area contributed by atoms with Crippen molar-refractivity contribution in [1.82, 2.24) is 4.90 Å². The number of rotatable bonds is 8. The molecule has 0 spiro atoms. The van der Waals surface area contributed by atoms with E-state index in [9.17, 15) is 9.59 Å². The monoisotopic (exact) mass is 424 g/mol. The van der Waals surface area contributed by atoms with E-state index in [1.165, 1.54) is 19.3 Å². The van der Waals surface area contributed by atoms with Gasteiger partial charge in [-0.05, 0) is 87.3 Å². The molecule has 31 heavy (non-hydrogen) atoms. The number of carbonyl (C=O) groups excluding carboxylic acids is 2. The maximum absolute atomic E-state index is 13.1. The van der Waals surface area contributed by atoms with Crippen molar-refractivity contribution in [3.63, 3.8) is 0 Å². The van der Waals surface area contributed by atoms with Gasteiger partial charge in [0.15, 0.2) is 13.2 Å². The van der Waals surface area contributed by atoms with Crippen molar-refractivity contribution in [2.45, 2.75) is 64.3 Å². The van der Waals surface area contributed by atoms with E-state index in [4.69, 9.17) is 14.7 Å². The second-order valence-electron chi connectivity index (χ2n) is 9.74. The van der Waals surface area contributed by atoms with E-state index >= 15 is 0 Å².